The molecule has 1 aromatic heterocycles. The number of aryl methyl sites for hydroxylation is 2. The van der Waals surface area contributed by atoms with Crippen LogP contribution in [0.4, 0.5) is 0 Å². The molecular weight excluding hydrogens is 619 g/mol. The average molecular weight is 668 g/mol. The highest BCUT2D eigenvalue weighted by atomic mass is 28.4. The SMILES string of the molecule is CCCCc1nc(C)nc(OCCCCO[Si](c2ccccc2)(c2ccccc2)C(C)(C)C)c1Cc1ccc(-c2ccccc2C#N)cc1. The summed E-state index contributed by atoms with van der Waals surface area (Å²) in [7, 11) is -2.56. The van der Waals surface area contributed by atoms with Crippen LogP contribution in [0.25, 0.3) is 11.1 Å². The topological polar surface area (TPSA) is 68.0 Å². The lowest BCUT2D eigenvalue weighted by molar-refractivity contribution is 0.251. The van der Waals surface area contributed by atoms with Gasteiger partial charge in [0.15, 0.2) is 0 Å². The number of aromatic nitrogens is 2. The summed E-state index contributed by atoms with van der Waals surface area (Å²) in [6, 6.07) is 40.1. The molecule has 1 heterocycles. The molecule has 0 fully saturated rings. The van der Waals surface area contributed by atoms with Crippen LogP contribution in [-0.4, -0.2) is 31.5 Å². The van der Waals surface area contributed by atoms with Crippen molar-refractivity contribution in [1.29, 1.82) is 5.26 Å². The third-order valence-corrected chi connectivity index (χ3v) is 14.2. The summed E-state index contributed by atoms with van der Waals surface area (Å²) in [6.45, 7) is 12.3. The van der Waals surface area contributed by atoms with Gasteiger partial charge >= 0.3 is 0 Å². The first-order chi connectivity index (χ1) is 23.8. The molecule has 5 aromatic rings. The number of nitrogens with zero attached hydrogens (tertiary/aromatic N) is 3. The van der Waals surface area contributed by atoms with Crippen molar-refractivity contribution < 1.29 is 9.16 Å². The van der Waals surface area contributed by atoms with Crippen LogP contribution in [0.5, 0.6) is 5.88 Å². The number of nitriles is 1. The van der Waals surface area contributed by atoms with E-state index in [-0.39, 0.29) is 5.04 Å². The van der Waals surface area contributed by atoms with E-state index in [0.717, 1.165) is 65.9 Å². The summed E-state index contributed by atoms with van der Waals surface area (Å²) >= 11 is 0. The summed E-state index contributed by atoms with van der Waals surface area (Å²) < 4.78 is 13.6. The molecule has 49 heavy (non-hydrogen) atoms. The molecule has 0 amide bonds. The van der Waals surface area contributed by atoms with Gasteiger partial charge in [0.1, 0.15) is 5.82 Å². The van der Waals surface area contributed by atoms with Gasteiger partial charge in [-0.05, 0) is 70.8 Å². The first-order valence-corrected chi connectivity index (χ1v) is 19.5. The molecule has 0 spiro atoms. The molecule has 5 nitrogen and oxygen atoms in total. The van der Waals surface area contributed by atoms with Crippen LogP contribution < -0.4 is 15.1 Å². The summed E-state index contributed by atoms with van der Waals surface area (Å²) in [5, 5.41) is 12.1. The maximum atomic E-state index is 9.58. The largest absolute Gasteiger partial charge is 0.477 e. The Kier molecular flexibility index (Phi) is 12.2. The molecule has 6 heteroatoms. The van der Waals surface area contributed by atoms with E-state index in [1.165, 1.54) is 10.4 Å². The Balaban J connectivity index is 1.30. The molecular formula is C43H49N3O2Si. The lowest BCUT2D eigenvalue weighted by Gasteiger charge is -2.43. The zero-order valence-corrected chi connectivity index (χ0v) is 30.7. The van der Waals surface area contributed by atoms with Crippen molar-refractivity contribution in [3.8, 4) is 23.1 Å². The van der Waals surface area contributed by atoms with Crippen molar-refractivity contribution in [2.45, 2.75) is 78.2 Å². The molecule has 0 N–H and O–H groups in total. The zero-order chi connectivity index (χ0) is 34.7. The van der Waals surface area contributed by atoms with E-state index in [9.17, 15) is 5.26 Å². The van der Waals surface area contributed by atoms with E-state index in [4.69, 9.17) is 19.1 Å². The van der Waals surface area contributed by atoms with Crippen molar-refractivity contribution in [1.82, 2.24) is 9.97 Å². The van der Waals surface area contributed by atoms with Crippen LogP contribution in [-0.2, 0) is 17.3 Å². The van der Waals surface area contributed by atoms with E-state index < -0.39 is 8.32 Å². The molecule has 0 unspecified atom stereocenters. The summed E-state index contributed by atoms with van der Waals surface area (Å²) in [5.41, 5.74) is 5.94. The van der Waals surface area contributed by atoms with E-state index in [2.05, 4.69) is 119 Å². The Morgan fingerprint density at radius 1 is 0.735 bits per heavy atom. The number of hydrogen-bond acceptors (Lipinski definition) is 5. The second kappa shape index (κ2) is 16.7. The molecule has 0 aliphatic carbocycles. The second-order valence-electron chi connectivity index (χ2n) is 13.7. The van der Waals surface area contributed by atoms with Crippen molar-refractivity contribution in [2.75, 3.05) is 13.2 Å². The lowest BCUT2D eigenvalue weighted by Crippen LogP contribution is -2.66. The van der Waals surface area contributed by atoms with Gasteiger partial charge in [-0.3, -0.25) is 0 Å². The van der Waals surface area contributed by atoms with E-state index >= 15 is 0 Å². The van der Waals surface area contributed by atoms with Gasteiger partial charge in [-0.1, -0.05) is 137 Å². The molecule has 252 valence electrons. The molecule has 0 aliphatic rings. The number of hydrogen-bond donors (Lipinski definition) is 0. The predicted octanol–water partition coefficient (Wildman–Crippen LogP) is 8.99. The smallest absolute Gasteiger partial charge is 0.261 e. The van der Waals surface area contributed by atoms with E-state index in [0.29, 0.717) is 31.1 Å². The molecule has 0 bridgehead atoms. The van der Waals surface area contributed by atoms with Crippen molar-refractivity contribution in [3.05, 3.63) is 137 Å². The lowest BCUT2D eigenvalue weighted by atomic mass is 9.96. The third kappa shape index (κ3) is 8.54. The van der Waals surface area contributed by atoms with Crippen LogP contribution in [0.3, 0.4) is 0 Å². The van der Waals surface area contributed by atoms with Crippen LogP contribution in [0.1, 0.15) is 81.6 Å². The highest BCUT2D eigenvalue weighted by Gasteiger charge is 2.49. The highest BCUT2D eigenvalue weighted by molar-refractivity contribution is 6.99. The minimum atomic E-state index is -2.56. The quantitative estimate of drug-likeness (QED) is 0.0824. The monoisotopic (exact) mass is 667 g/mol. The summed E-state index contributed by atoms with van der Waals surface area (Å²) in [6.07, 6.45) is 5.48. The van der Waals surface area contributed by atoms with E-state index in [1.807, 2.05) is 31.2 Å². The Hall–Kier alpha value is -4.57. The number of rotatable bonds is 15. The maximum absolute atomic E-state index is 9.58. The van der Waals surface area contributed by atoms with Crippen LogP contribution >= 0.6 is 0 Å². The Bertz CT molecular complexity index is 1790. The Labute approximate surface area is 294 Å². The minimum absolute atomic E-state index is 0.0498. The first-order valence-electron chi connectivity index (χ1n) is 17.6. The molecule has 5 rings (SSSR count). The number of benzene rings is 4. The molecule has 0 radical (unpaired) electrons. The molecule has 0 saturated heterocycles. The summed E-state index contributed by atoms with van der Waals surface area (Å²) in [4.78, 5) is 9.68. The normalized spacial score (nSPS) is 11.7. The fraction of sp³-hybridized carbons (Fsp3) is 0.326. The standard InChI is InChI=1S/C43H49N3O2Si/c1-6-7-24-41-40(31-34-25-27-35(28-26-34)39-23-15-14-18-36(39)32-44)42(46-33(2)45-41)47-29-16-17-30-48-49(43(3,4)5,37-19-10-8-11-20-37)38-21-12-9-13-22-38/h8-15,18-23,25-28H,6-7,16-17,24,29-31H2,1-5H3. The van der Waals surface area contributed by atoms with Gasteiger partial charge in [0, 0.05) is 18.6 Å². The minimum Gasteiger partial charge on any atom is -0.477 e. The number of unbranched alkanes of at least 4 members (excludes halogenated alkanes) is 2. The molecule has 0 atom stereocenters. The third-order valence-electron chi connectivity index (χ3n) is 9.14. The fourth-order valence-corrected chi connectivity index (χ4v) is 11.3. The van der Waals surface area contributed by atoms with Crippen LogP contribution in [0, 0.1) is 18.3 Å². The molecule has 0 aliphatic heterocycles. The van der Waals surface area contributed by atoms with Crippen LogP contribution in [0.15, 0.2) is 109 Å². The zero-order valence-electron chi connectivity index (χ0n) is 29.7. The number of ether oxygens (including phenoxy) is 1. The fourth-order valence-electron chi connectivity index (χ4n) is 6.67. The predicted molar refractivity (Wildman–Crippen MR) is 203 cm³/mol. The van der Waals surface area contributed by atoms with Gasteiger partial charge in [0.25, 0.3) is 8.32 Å². The van der Waals surface area contributed by atoms with Gasteiger partial charge < -0.3 is 9.16 Å². The first kappa shape index (κ1) is 35.7. The summed E-state index contributed by atoms with van der Waals surface area (Å²) in [5.74, 6) is 1.42. The highest BCUT2D eigenvalue weighted by Crippen LogP contribution is 2.37. The maximum Gasteiger partial charge on any atom is 0.261 e. The van der Waals surface area contributed by atoms with Crippen molar-refractivity contribution in [2.24, 2.45) is 0 Å². The average Bonchev–Trinajstić information content (AvgIpc) is 3.12. The molecule has 0 saturated carbocycles. The van der Waals surface area contributed by atoms with Gasteiger partial charge in [0.2, 0.25) is 5.88 Å². The van der Waals surface area contributed by atoms with Gasteiger partial charge in [0.05, 0.1) is 23.9 Å². The van der Waals surface area contributed by atoms with Crippen LogP contribution in [0.2, 0.25) is 5.04 Å². The van der Waals surface area contributed by atoms with Gasteiger partial charge in [-0.2, -0.15) is 10.2 Å². The molecule has 4 aromatic carbocycles. The van der Waals surface area contributed by atoms with Gasteiger partial charge in [-0.25, -0.2) is 4.98 Å². The van der Waals surface area contributed by atoms with Gasteiger partial charge in [-0.15, -0.1) is 0 Å². The Morgan fingerprint density at radius 2 is 1.35 bits per heavy atom. The van der Waals surface area contributed by atoms with Crippen molar-refractivity contribution >= 4 is 18.7 Å². The Morgan fingerprint density at radius 3 is 1.96 bits per heavy atom. The second-order valence-corrected chi connectivity index (χ2v) is 18.0. The van der Waals surface area contributed by atoms with E-state index in [1.54, 1.807) is 0 Å². The van der Waals surface area contributed by atoms with Crippen molar-refractivity contribution in [3.63, 3.8) is 0 Å².